The van der Waals surface area contributed by atoms with Gasteiger partial charge in [-0.3, -0.25) is 24.6 Å². The number of nitrogens with zero attached hydrogens (tertiary/aromatic N) is 6. The molecule has 3 aliphatic rings. The number of likely N-dealkylation sites (tertiary alicyclic amines) is 1. The zero-order chi connectivity index (χ0) is 26.8. The van der Waals surface area contributed by atoms with E-state index in [1.165, 1.54) is 4.90 Å². The smallest absolute Gasteiger partial charge is 0.415 e. The van der Waals surface area contributed by atoms with E-state index in [1.807, 2.05) is 6.07 Å². The molecule has 2 saturated heterocycles. The maximum Gasteiger partial charge on any atom is 0.415 e. The van der Waals surface area contributed by atoms with Crippen LogP contribution in [0.4, 0.5) is 16.4 Å². The summed E-state index contributed by atoms with van der Waals surface area (Å²) in [6.45, 7) is 3.31. The van der Waals surface area contributed by atoms with Gasteiger partial charge in [0.05, 0.1) is 24.6 Å². The molecule has 0 bridgehead atoms. The van der Waals surface area contributed by atoms with Crippen LogP contribution in [0.15, 0.2) is 43.0 Å². The average Bonchev–Trinajstić information content (AvgIpc) is 3.30. The fourth-order valence-electron chi connectivity index (χ4n) is 4.61. The van der Waals surface area contributed by atoms with Gasteiger partial charge in [0.2, 0.25) is 5.88 Å². The van der Waals surface area contributed by atoms with Crippen molar-refractivity contribution in [3.63, 3.8) is 0 Å². The number of carbonyl (C=O) groups excluding carboxylic acids is 2. The minimum Gasteiger partial charge on any atom is -0.480 e. The molecule has 1 atom stereocenters. The number of hydrogen-bond acceptors (Lipinski definition) is 11. The number of cyclic esters (lactones) is 1. The van der Waals surface area contributed by atoms with Gasteiger partial charge in [-0.05, 0) is 43.8 Å². The fourth-order valence-corrected chi connectivity index (χ4v) is 4.61. The van der Waals surface area contributed by atoms with Crippen LogP contribution in [0.25, 0.3) is 11.3 Å². The Labute approximate surface area is 224 Å². The van der Waals surface area contributed by atoms with Gasteiger partial charge in [0, 0.05) is 37.6 Å². The van der Waals surface area contributed by atoms with Crippen molar-refractivity contribution >= 4 is 23.6 Å². The van der Waals surface area contributed by atoms with Crippen LogP contribution in [0.3, 0.4) is 0 Å². The quantitative estimate of drug-likeness (QED) is 0.387. The Morgan fingerprint density at radius 2 is 1.97 bits per heavy atom. The second-order valence-electron chi connectivity index (χ2n) is 9.72. The first-order chi connectivity index (χ1) is 19.0. The highest BCUT2D eigenvalue weighted by molar-refractivity contribution is 5.95. The highest BCUT2D eigenvalue weighted by Crippen LogP contribution is 2.30. The van der Waals surface area contributed by atoms with E-state index in [9.17, 15) is 9.59 Å². The minimum absolute atomic E-state index is 0.0516. The van der Waals surface area contributed by atoms with Gasteiger partial charge in [0.25, 0.3) is 5.91 Å². The topological polar surface area (TPSA) is 144 Å². The van der Waals surface area contributed by atoms with Crippen LogP contribution < -0.4 is 25.0 Å². The second-order valence-corrected chi connectivity index (χ2v) is 9.72. The van der Waals surface area contributed by atoms with Crippen LogP contribution in [-0.4, -0.2) is 88.9 Å². The second kappa shape index (κ2) is 10.8. The lowest BCUT2D eigenvalue weighted by Gasteiger charge is -2.35. The number of pyridine rings is 2. The number of nitrogens with one attached hydrogen (secondary N) is 2. The van der Waals surface area contributed by atoms with Crippen LogP contribution >= 0.6 is 0 Å². The average molecular weight is 533 g/mol. The van der Waals surface area contributed by atoms with Crippen molar-refractivity contribution in [1.82, 2.24) is 30.2 Å². The van der Waals surface area contributed by atoms with E-state index in [4.69, 9.17) is 14.2 Å². The van der Waals surface area contributed by atoms with Gasteiger partial charge in [-0.25, -0.2) is 14.8 Å². The van der Waals surface area contributed by atoms with Crippen LogP contribution in [0.1, 0.15) is 12.0 Å². The number of carbonyl (C=O) groups is 2. The van der Waals surface area contributed by atoms with Gasteiger partial charge < -0.3 is 24.8 Å². The summed E-state index contributed by atoms with van der Waals surface area (Å²) in [7, 11) is 2.05. The van der Waals surface area contributed by atoms with Crippen molar-refractivity contribution in [3.8, 4) is 22.9 Å². The van der Waals surface area contributed by atoms with Gasteiger partial charge in [0.1, 0.15) is 18.0 Å². The number of hydrogen-bond donors (Lipinski definition) is 2. The zero-order valence-electron chi connectivity index (χ0n) is 21.4. The summed E-state index contributed by atoms with van der Waals surface area (Å²) in [5.74, 6) is 1.40. The van der Waals surface area contributed by atoms with Crippen LogP contribution in [-0.2, 0) is 16.1 Å². The molecule has 2 N–H and O–H groups in total. The third kappa shape index (κ3) is 5.73. The number of rotatable bonds is 9. The SMILES string of the molecule is CN1CC(Oc2cncc(-c3cncc(CNCC[C@H]4CN(c5ccc6c(n5)NC(=O)CO6)C(=O)O4)c3)n2)C1. The Balaban J connectivity index is 0.996. The molecule has 202 valence electrons. The Bertz CT molecular complexity index is 1380. The molecule has 3 aliphatic heterocycles. The standard InChI is InChI=1S/C26H28N8O5/c1-33-12-19(13-33)38-24-11-29-10-20(30-24)17-6-16(8-28-9-17)7-27-5-4-18-14-34(26(36)39-18)22-3-2-21-25(31-22)32-23(35)15-37-21/h2-3,6,8-11,18-19,27H,4-5,7,12-15H2,1H3,(H,31,32,35)/t18-/m0/s1. The molecule has 39 heavy (non-hydrogen) atoms. The van der Waals surface area contributed by atoms with Gasteiger partial charge in [0.15, 0.2) is 18.2 Å². The van der Waals surface area contributed by atoms with Crippen LogP contribution in [0.5, 0.6) is 11.6 Å². The molecule has 13 heteroatoms. The van der Waals surface area contributed by atoms with E-state index >= 15 is 0 Å². The number of ether oxygens (including phenoxy) is 3. The van der Waals surface area contributed by atoms with Crippen molar-refractivity contribution in [2.45, 2.75) is 25.2 Å². The maximum atomic E-state index is 12.5. The first-order valence-electron chi connectivity index (χ1n) is 12.7. The lowest BCUT2D eigenvalue weighted by molar-refractivity contribution is -0.118. The Hall–Kier alpha value is -4.36. The Kier molecular flexibility index (Phi) is 6.90. The largest absolute Gasteiger partial charge is 0.480 e. The zero-order valence-corrected chi connectivity index (χ0v) is 21.4. The summed E-state index contributed by atoms with van der Waals surface area (Å²) in [5, 5.41) is 6.04. The van der Waals surface area contributed by atoms with Gasteiger partial charge >= 0.3 is 6.09 Å². The maximum absolute atomic E-state index is 12.5. The third-order valence-electron chi connectivity index (χ3n) is 6.60. The summed E-state index contributed by atoms with van der Waals surface area (Å²) in [6.07, 6.45) is 6.91. The van der Waals surface area contributed by atoms with E-state index in [-0.39, 0.29) is 24.7 Å². The monoisotopic (exact) mass is 532 g/mol. The van der Waals surface area contributed by atoms with E-state index in [0.29, 0.717) is 55.0 Å². The van der Waals surface area contributed by atoms with Crippen molar-refractivity contribution < 1.29 is 23.8 Å². The molecule has 0 unspecified atom stereocenters. The molecular formula is C26H28N8O5. The van der Waals surface area contributed by atoms with Crippen molar-refractivity contribution in [1.29, 1.82) is 0 Å². The highest BCUT2D eigenvalue weighted by Gasteiger charge is 2.33. The van der Waals surface area contributed by atoms with Crippen molar-refractivity contribution in [2.24, 2.45) is 0 Å². The number of amides is 2. The predicted molar refractivity (Wildman–Crippen MR) is 139 cm³/mol. The molecule has 2 fully saturated rings. The van der Waals surface area contributed by atoms with E-state index in [2.05, 4.69) is 42.5 Å². The van der Waals surface area contributed by atoms with E-state index in [0.717, 1.165) is 24.2 Å². The summed E-state index contributed by atoms with van der Waals surface area (Å²) in [4.78, 5) is 45.3. The molecule has 2 amide bonds. The van der Waals surface area contributed by atoms with E-state index < -0.39 is 6.09 Å². The Morgan fingerprint density at radius 3 is 2.85 bits per heavy atom. The number of likely N-dealkylation sites (N-methyl/N-ethyl adjacent to an activating group) is 1. The number of fused-ring (bicyclic) bond motifs is 1. The first kappa shape index (κ1) is 24.9. The lowest BCUT2D eigenvalue weighted by Crippen LogP contribution is -2.51. The molecule has 0 spiro atoms. The minimum atomic E-state index is -0.468. The molecule has 6 rings (SSSR count). The van der Waals surface area contributed by atoms with Crippen molar-refractivity contribution in [2.75, 3.05) is 50.1 Å². The van der Waals surface area contributed by atoms with Crippen LogP contribution in [0, 0.1) is 0 Å². The summed E-state index contributed by atoms with van der Waals surface area (Å²) in [5.41, 5.74) is 2.56. The summed E-state index contributed by atoms with van der Waals surface area (Å²) < 4.78 is 16.8. The molecule has 0 aromatic carbocycles. The molecule has 0 radical (unpaired) electrons. The number of aromatic nitrogens is 4. The lowest BCUT2D eigenvalue weighted by atomic mass is 10.1. The summed E-state index contributed by atoms with van der Waals surface area (Å²) >= 11 is 0. The normalized spacial score (nSPS) is 19.1. The van der Waals surface area contributed by atoms with Crippen molar-refractivity contribution in [3.05, 3.63) is 48.5 Å². The van der Waals surface area contributed by atoms with Gasteiger partial charge in [-0.2, -0.15) is 0 Å². The first-order valence-corrected chi connectivity index (χ1v) is 12.7. The molecule has 3 aromatic heterocycles. The molecule has 3 aromatic rings. The fraction of sp³-hybridized carbons (Fsp3) is 0.385. The molecule has 0 aliphatic carbocycles. The number of anilines is 2. The molecule has 6 heterocycles. The van der Waals surface area contributed by atoms with Gasteiger partial charge in [-0.1, -0.05) is 0 Å². The molecule has 0 saturated carbocycles. The molecule has 13 nitrogen and oxygen atoms in total. The highest BCUT2D eigenvalue weighted by atomic mass is 16.6. The third-order valence-corrected chi connectivity index (χ3v) is 6.60. The summed E-state index contributed by atoms with van der Waals surface area (Å²) in [6, 6.07) is 5.38. The van der Waals surface area contributed by atoms with Gasteiger partial charge in [-0.15, -0.1) is 0 Å². The predicted octanol–water partition coefficient (Wildman–Crippen LogP) is 1.46. The van der Waals surface area contributed by atoms with Crippen LogP contribution in [0.2, 0.25) is 0 Å². The van der Waals surface area contributed by atoms with E-state index in [1.54, 1.807) is 36.9 Å². The molecular weight excluding hydrogens is 504 g/mol. The Morgan fingerprint density at radius 1 is 1.10 bits per heavy atom.